The Kier molecular flexibility index (Phi) is 3.89. The molecule has 2 amide bonds. The third-order valence-electron chi connectivity index (χ3n) is 1.28. The Hall–Kier alpha value is -0.770. The highest BCUT2D eigenvalue weighted by Crippen LogP contribution is 2.12. The minimum Gasteiger partial charge on any atom is -0.384 e. The standard InChI is InChI=1S/C7H16N2O2/c1-7(2,5-11-3)4-9-6(8)10/h4-5H2,1-3H3,(H3,8,9,10). The van der Waals surface area contributed by atoms with Gasteiger partial charge < -0.3 is 15.8 Å². The Morgan fingerprint density at radius 2 is 2.18 bits per heavy atom. The summed E-state index contributed by atoms with van der Waals surface area (Å²) in [6, 6.07) is -0.492. The number of carbonyl (C=O) groups excluding carboxylic acids is 1. The third kappa shape index (κ3) is 5.66. The van der Waals surface area contributed by atoms with Crippen LogP contribution >= 0.6 is 0 Å². The molecule has 0 fully saturated rings. The predicted molar refractivity (Wildman–Crippen MR) is 43.2 cm³/mol. The molecule has 0 spiro atoms. The molecule has 0 aliphatic rings. The van der Waals surface area contributed by atoms with Gasteiger partial charge in [0.15, 0.2) is 0 Å². The molecular formula is C7H16N2O2. The van der Waals surface area contributed by atoms with Crippen molar-refractivity contribution in [3.8, 4) is 0 Å². The molecule has 0 aromatic rings. The molecule has 3 N–H and O–H groups in total. The lowest BCUT2D eigenvalue weighted by Crippen LogP contribution is -2.39. The van der Waals surface area contributed by atoms with E-state index in [1.54, 1.807) is 7.11 Å². The maximum absolute atomic E-state index is 10.3. The van der Waals surface area contributed by atoms with Gasteiger partial charge in [-0.2, -0.15) is 0 Å². The van der Waals surface area contributed by atoms with Gasteiger partial charge in [-0.25, -0.2) is 4.79 Å². The molecule has 0 rings (SSSR count). The number of hydrogen-bond donors (Lipinski definition) is 2. The van der Waals surface area contributed by atoms with Crippen LogP contribution in [0.1, 0.15) is 13.8 Å². The second-order valence-corrected chi connectivity index (χ2v) is 3.32. The van der Waals surface area contributed by atoms with Gasteiger partial charge in [0, 0.05) is 19.1 Å². The predicted octanol–water partition coefficient (Wildman–Crippen LogP) is 0.327. The second kappa shape index (κ2) is 4.18. The van der Waals surface area contributed by atoms with Gasteiger partial charge >= 0.3 is 6.03 Å². The summed E-state index contributed by atoms with van der Waals surface area (Å²) in [6.07, 6.45) is 0. The number of carbonyl (C=O) groups is 1. The minimum atomic E-state index is -0.492. The van der Waals surface area contributed by atoms with Gasteiger partial charge in [-0.05, 0) is 0 Å². The van der Waals surface area contributed by atoms with E-state index in [2.05, 4.69) is 5.32 Å². The first-order valence-electron chi connectivity index (χ1n) is 3.50. The van der Waals surface area contributed by atoms with Crippen molar-refractivity contribution in [2.45, 2.75) is 13.8 Å². The summed E-state index contributed by atoms with van der Waals surface area (Å²) in [5, 5.41) is 2.53. The Morgan fingerprint density at radius 1 is 1.64 bits per heavy atom. The van der Waals surface area contributed by atoms with E-state index in [1.165, 1.54) is 0 Å². The molecule has 0 bridgehead atoms. The number of methoxy groups -OCH3 is 1. The average molecular weight is 160 g/mol. The number of ether oxygens (including phenoxy) is 1. The van der Waals surface area contributed by atoms with Crippen LogP contribution in [0.5, 0.6) is 0 Å². The van der Waals surface area contributed by atoms with Crippen LogP contribution in [0.3, 0.4) is 0 Å². The van der Waals surface area contributed by atoms with Crippen LogP contribution in [0.2, 0.25) is 0 Å². The third-order valence-corrected chi connectivity index (χ3v) is 1.28. The minimum absolute atomic E-state index is 0.0518. The van der Waals surface area contributed by atoms with Gasteiger partial charge in [0.25, 0.3) is 0 Å². The van der Waals surface area contributed by atoms with E-state index in [9.17, 15) is 4.79 Å². The van der Waals surface area contributed by atoms with Crippen LogP contribution in [0.25, 0.3) is 0 Å². The molecule has 0 aromatic heterocycles. The average Bonchev–Trinajstić information content (AvgIpc) is 1.84. The number of hydrogen-bond acceptors (Lipinski definition) is 2. The van der Waals surface area contributed by atoms with Crippen LogP contribution < -0.4 is 11.1 Å². The fourth-order valence-corrected chi connectivity index (χ4v) is 0.768. The van der Waals surface area contributed by atoms with E-state index < -0.39 is 6.03 Å². The quantitative estimate of drug-likeness (QED) is 0.622. The summed E-state index contributed by atoms with van der Waals surface area (Å²) in [7, 11) is 1.63. The Morgan fingerprint density at radius 3 is 2.55 bits per heavy atom. The van der Waals surface area contributed by atoms with Crippen molar-refractivity contribution in [1.82, 2.24) is 5.32 Å². The van der Waals surface area contributed by atoms with Gasteiger partial charge in [-0.15, -0.1) is 0 Å². The van der Waals surface area contributed by atoms with Gasteiger partial charge in [-0.1, -0.05) is 13.8 Å². The molecule has 0 atom stereocenters. The monoisotopic (exact) mass is 160 g/mol. The summed E-state index contributed by atoms with van der Waals surface area (Å²) in [4.78, 5) is 10.3. The van der Waals surface area contributed by atoms with Gasteiger partial charge in [-0.3, -0.25) is 0 Å². The zero-order valence-electron chi connectivity index (χ0n) is 7.31. The van der Waals surface area contributed by atoms with Crippen LogP contribution in [0.4, 0.5) is 4.79 Å². The number of amides is 2. The first-order valence-corrected chi connectivity index (χ1v) is 3.50. The highest BCUT2D eigenvalue weighted by Gasteiger charge is 2.17. The number of nitrogens with two attached hydrogens (primary N) is 1. The number of rotatable bonds is 4. The molecular weight excluding hydrogens is 144 g/mol. The van der Waals surface area contributed by atoms with E-state index in [-0.39, 0.29) is 5.41 Å². The first-order chi connectivity index (χ1) is 4.98. The molecule has 0 aromatic carbocycles. The van der Waals surface area contributed by atoms with Gasteiger partial charge in [0.1, 0.15) is 0 Å². The lowest BCUT2D eigenvalue weighted by Gasteiger charge is -2.22. The molecule has 0 aliphatic heterocycles. The normalized spacial score (nSPS) is 11.2. The van der Waals surface area contributed by atoms with Crippen molar-refractivity contribution in [3.05, 3.63) is 0 Å². The summed E-state index contributed by atoms with van der Waals surface area (Å²) < 4.78 is 4.95. The maximum atomic E-state index is 10.3. The van der Waals surface area contributed by atoms with E-state index in [1.807, 2.05) is 13.8 Å². The summed E-state index contributed by atoms with van der Waals surface area (Å²) >= 11 is 0. The topological polar surface area (TPSA) is 64.3 Å². The smallest absolute Gasteiger partial charge is 0.312 e. The van der Waals surface area contributed by atoms with Crippen molar-refractivity contribution in [1.29, 1.82) is 0 Å². The molecule has 0 saturated heterocycles. The molecule has 0 saturated carbocycles. The molecule has 66 valence electrons. The Balaban J connectivity index is 3.63. The van der Waals surface area contributed by atoms with Crippen LogP contribution in [-0.2, 0) is 4.74 Å². The van der Waals surface area contributed by atoms with Crippen molar-refractivity contribution in [3.63, 3.8) is 0 Å². The van der Waals surface area contributed by atoms with Gasteiger partial charge in [0.2, 0.25) is 0 Å². The van der Waals surface area contributed by atoms with Crippen molar-refractivity contribution in [2.75, 3.05) is 20.3 Å². The van der Waals surface area contributed by atoms with E-state index in [0.29, 0.717) is 13.2 Å². The SMILES string of the molecule is COCC(C)(C)CNC(N)=O. The second-order valence-electron chi connectivity index (χ2n) is 3.32. The Bertz CT molecular complexity index is 134. The number of nitrogens with one attached hydrogen (secondary N) is 1. The van der Waals surface area contributed by atoms with Crippen molar-refractivity contribution < 1.29 is 9.53 Å². The summed E-state index contributed by atoms with van der Waals surface area (Å²) in [5.41, 5.74) is 4.85. The number of primary amides is 1. The van der Waals surface area contributed by atoms with Crippen molar-refractivity contribution >= 4 is 6.03 Å². The number of urea groups is 1. The lowest BCUT2D eigenvalue weighted by molar-refractivity contribution is 0.105. The fraction of sp³-hybridized carbons (Fsp3) is 0.857. The van der Waals surface area contributed by atoms with Crippen LogP contribution in [-0.4, -0.2) is 26.3 Å². The molecule has 4 nitrogen and oxygen atoms in total. The lowest BCUT2D eigenvalue weighted by atomic mass is 9.95. The molecule has 0 aliphatic carbocycles. The first kappa shape index (κ1) is 10.2. The molecule has 0 unspecified atom stereocenters. The largest absolute Gasteiger partial charge is 0.384 e. The molecule has 11 heavy (non-hydrogen) atoms. The summed E-state index contributed by atoms with van der Waals surface area (Å²) in [6.45, 7) is 5.13. The zero-order valence-corrected chi connectivity index (χ0v) is 7.31. The van der Waals surface area contributed by atoms with Crippen molar-refractivity contribution in [2.24, 2.45) is 11.1 Å². The van der Waals surface area contributed by atoms with Gasteiger partial charge in [0.05, 0.1) is 6.61 Å². The molecule has 4 heteroatoms. The Labute approximate surface area is 67.1 Å². The van der Waals surface area contributed by atoms with Crippen LogP contribution in [0, 0.1) is 5.41 Å². The molecule has 0 heterocycles. The fourth-order valence-electron chi connectivity index (χ4n) is 0.768. The highest BCUT2D eigenvalue weighted by molar-refractivity contribution is 5.71. The zero-order chi connectivity index (χ0) is 8.91. The molecule has 0 radical (unpaired) electrons. The van der Waals surface area contributed by atoms with Crippen LogP contribution in [0.15, 0.2) is 0 Å². The van der Waals surface area contributed by atoms with E-state index >= 15 is 0 Å². The van der Waals surface area contributed by atoms with E-state index in [4.69, 9.17) is 10.5 Å². The summed E-state index contributed by atoms with van der Waals surface area (Å²) in [5.74, 6) is 0. The highest BCUT2D eigenvalue weighted by atomic mass is 16.5. The maximum Gasteiger partial charge on any atom is 0.312 e. The van der Waals surface area contributed by atoms with E-state index in [0.717, 1.165) is 0 Å².